The van der Waals surface area contributed by atoms with Gasteiger partial charge in [-0.05, 0) is 49.3 Å². The normalized spacial score (nSPS) is 11.4. The van der Waals surface area contributed by atoms with Gasteiger partial charge in [0.2, 0.25) is 0 Å². The van der Waals surface area contributed by atoms with Crippen LogP contribution in [-0.4, -0.2) is 12.4 Å². The minimum absolute atomic E-state index is 0.222. The number of carbonyl (C=O) groups is 1. The number of rotatable bonds is 8. The predicted octanol–water partition coefficient (Wildman–Crippen LogP) is 4.51. The first kappa shape index (κ1) is 15.7. The number of ether oxygens (including phenoxy) is 1. The molecule has 0 unspecified atom stereocenters. The van der Waals surface area contributed by atoms with Gasteiger partial charge in [0.25, 0.3) is 0 Å². The monoisotopic (exact) mass is 262 g/mol. The minimum Gasteiger partial charge on any atom is -0.494 e. The van der Waals surface area contributed by atoms with Crippen molar-refractivity contribution in [3.8, 4) is 5.75 Å². The van der Waals surface area contributed by atoms with Gasteiger partial charge in [-0.1, -0.05) is 32.9 Å². The van der Waals surface area contributed by atoms with Crippen molar-refractivity contribution in [1.29, 1.82) is 0 Å². The van der Waals surface area contributed by atoms with Crippen LogP contribution in [0.5, 0.6) is 5.75 Å². The Labute approximate surface area is 117 Å². The fourth-order valence-electron chi connectivity index (χ4n) is 1.87. The van der Waals surface area contributed by atoms with E-state index >= 15 is 0 Å². The van der Waals surface area contributed by atoms with E-state index in [1.54, 1.807) is 6.92 Å². The van der Waals surface area contributed by atoms with Crippen LogP contribution in [0.3, 0.4) is 0 Å². The molecule has 0 N–H and O–H groups in total. The van der Waals surface area contributed by atoms with Crippen molar-refractivity contribution in [2.24, 2.45) is 0 Å². The van der Waals surface area contributed by atoms with E-state index < -0.39 is 0 Å². The maximum atomic E-state index is 10.8. The number of unbranched alkanes of at least 4 members (excludes halogenated alkanes) is 1. The molecule has 0 aliphatic heterocycles. The molecule has 1 aromatic carbocycles. The number of hydrogen-bond donors (Lipinski definition) is 0. The molecule has 106 valence electrons. The molecule has 0 bridgehead atoms. The Morgan fingerprint density at radius 1 is 1.16 bits per heavy atom. The van der Waals surface area contributed by atoms with Crippen molar-refractivity contribution < 1.29 is 9.53 Å². The van der Waals surface area contributed by atoms with Gasteiger partial charge in [0.1, 0.15) is 11.5 Å². The third-order valence-corrected chi connectivity index (χ3v) is 3.71. The first-order valence-corrected chi connectivity index (χ1v) is 7.18. The van der Waals surface area contributed by atoms with E-state index in [0.29, 0.717) is 13.0 Å². The highest BCUT2D eigenvalue weighted by Gasteiger charge is 2.17. The average molecular weight is 262 g/mol. The summed E-state index contributed by atoms with van der Waals surface area (Å²) in [5.74, 6) is 1.17. The van der Waals surface area contributed by atoms with Crippen molar-refractivity contribution in [2.45, 2.75) is 58.8 Å². The third kappa shape index (κ3) is 5.46. The lowest BCUT2D eigenvalue weighted by Crippen LogP contribution is -2.15. The van der Waals surface area contributed by atoms with E-state index in [2.05, 4.69) is 32.9 Å². The van der Waals surface area contributed by atoms with Crippen LogP contribution in [0.15, 0.2) is 24.3 Å². The zero-order chi connectivity index (χ0) is 14.3. The molecular formula is C17H26O2. The van der Waals surface area contributed by atoms with Crippen molar-refractivity contribution in [2.75, 3.05) is 6.61 Å². The van der Waals surface area contributed by atoms with Crippen LogP contribution in [0.2, 0.25) is 0 Å². The van der Waals surface area contributed by atoms with Crippen LogP contribution >= 0.6 is 0 Å². The van der Waals surface area contributed by atoms with Gasteiger partial charge in [0, 0.05) is 6.42 Å². The van der Waals surface area contributed by atoms with E-state index in [-0.39, 0.29) is 11.2 Å². The van der Waals surface area contributed by atoms with E-state index in [0.717, 1.165) is 25.0 Å². The van der Waals surface area contributed by atoms with E-state index in [4.69, 9.17) is 4.74 Å². The second-order valence-corrected chi connectivity index (χ2v) is 5.77. The van der Waals surface area contributed by atoms with E-state index in [1.807, 2.05) is 12.1 Å². The number of hydrogen-bond acceptors (Lipinski definition) is 2. The molecule has 1 rings (SSSR count). The lowest BCUT2D eigenvalue weighted by molar-refractivity contribution is -0.117. The zero-order valence-corrected chi connectivity index (χ0v) is 12.7. The van der Waals surface area contributed by atoms with Crippen molar-refractivity contribution >= 4 is 5.78 Å². The largest absolute Gasteiger partial charge is 0.494 e. The lowest BCUT2D eigenvalue weighted by Gasteiger charge is -2.23. The predicted molar refractivity (Wildman–Crippen MR) is 79.8 cm³/mol. The summed E-state index contributed by atoms with van der Waals surface area (Å²) in [5, 5.41) is 0. The number of carbonyl (C=O) groups excluding carboxylic acids is 1. The molecule has 19 heavy (non-hydrogen) atoms. The Balaban J connectivity index is 2.38. The van der Waals surface area contributed by atoms with Crippen molar-refractivity contribution in [3.63, 3.8) is 0 Å². The van der Waals surface area contributed by atoms with Crippen LogP contribution in [0.1, 0.15) is 58.9 Å². The van der Waals surface area contributed by atoms with E-state index in [9.17, 15) is 4.79 Å². The molecule has 0 aliphatic rings. The van der Waals surface area contributed by atoms with Gasteiger partial charge in [-0.3, -0.25) is 0 Å². The summed E-state index contributed by atoms with van der Waals surface area (Å²) < 4.78 is 5.68. The molecule has 0 aliphatic carbocycles. The molecule has 0 atom stereocenters. The van der Waals surface area contributed by atoms with Crippen LogP contribution < -0.4 is 4.74 Å². The van der Waals surface area contributed by atoms with Crippen LogP contribution in [-0.2, 0) is 10.2 Å². The summed E-state index contributed by atoms with van der Waals surface area (Å²) in [6.07, 6.45) is 3.63. The molecule has 0 saturated heterocycles. The number of ketones is 1. The molecule has 0 amide bonds. The molecule has 0 spiro atoms. The topological polar surface area (TPSA) is 26.3 Å². The second kappa shape index (κ2) is 7.32. The standard InChI is InChI=1S/C17H26O2/c1-5-17(3,4)15-9-11-16(12-10-15)19-13-7-6-8-14(2)18/h9-12H,5-8,13H2,1-4H3. The smallest absolute Gasteiger partial charge is 0.129 e. The first-order chi connectivity index (χ1) is 8.95. The Hall–Kier alpha value is -1.31. The maximum Gasteiger partial charge on any atom is 0.129 e. The van der Waals surface area contributed by atoms with E-state index in [1.165, 1.54) is 5.56 Å². The highest BCUT2D eigenvalue weighted by atomic mass is 16.5. The number of benzene rings is 1. The van der Waals surface area contributed by atoms with Gasteiger partial charge >= 0.3 is 0 Å². The SMILES string of the molecule is CCC(C)(C)c1ccc(OCCCCC(C)=O)cc1. The molecule has 0 heterocycles. The average Bonchev–Trinajstić information content (AvgIpc) is 2.38. The van der Waals surface area contributed by atoms with Crippen LogP contribution in [0.25, 0.3) is 0 Å². The Morgan fingerprint density at radius 3 is 2.32 bits per heavy atom. The van der Waals surface area contributed by atoms with Crippen LogP contribution in [0.4, 0.5) is 0 Å². The molecule has 2 nitrogen and oxygen atoms in total. The fraction of sp³-hybridized carbons (Fsp3) is 0.588. The molecule has 0 aromatic heterocycles. The van der Waals surface area contributed by atoms with Crippen LogP contribution in [0, 0.1) is 0 Å². The summed E-state index contributed by atoms with van der Waals surface area (Å²) in [4.78, 5) is 10.8. The first-order valence-electron chi connectivity index (χ1n) is 7.18. The minimum atomic E-state index is 0.222. The highest BCUT2D eigenvalue weighted by molar-refractivity contribution is 5.75. The zero-order valence-electron chi connectivity index (χ0n) is 12.7. The van der Waals surface area contributed by atoms with Gasteiger partial charge in [0.05, 0.1) is 6.61 Å². The molecule has 0 radical (unpaired) electrons. The molecular weight excluding hydrogens is 236 g/mol. The van der Waals surface area contributed by atoms with Gasteiger partial charge in [-0.25, -0.2) is 0 Å². The number of Topliss-reactive ketones (excluding diaryl/α,β-unsaturated/α-hetero) is 1. The van der Waals surface area contributed by atoms with Gasteiger partial charge < -0.3 is 9.53 Å². The van der Waals surface area contributed by atoms with Gasteiger partial charge in [0.15, 0.2) is 0 Å². The van der Waals surface area contributed by atoms with Gasteiger partial charge in [-0.15, -0.1) is 0 Å². The summed E-state index contributed by atoms with van der Waals surface area (Å²) in [6, 6.07) is 8.37. The molecule has 1 aromatic rings. The maximum absolute atomic E-state index is 10.8. The quantitative estimate of drug-likeness (QED) is 0.644. The fourth-order valence-corrected chi connectivity index (χ4v) is 1.87. The molecule has 0 fully saturated rings. The Bertz CT molecular complexity index is 390. The van der Waals surface area contributed by atoms with Crippen molar-refractivity contribution in [3.05, 3.63) is 29.8 Å². The second-order valence-electron chi connectivity index (χ2n) is 5.77. The summed E-state index contributed by atoms with van der Waals surface area (Å²) in [5.41, 5.74) is 1.57. The summed E-state index contributed by atoms with van der Waals surface area (Å²) in [7, 11) is 0. The molecule has 2 heteroatoms. The summed E-state index contributed by atoms with van der Waals surface area (Å²) >= 11 is 0. The lowest BCUT2D eigenvalue weighted by atomic mass is 9.82. The van der Waals surface area contributed by atoms with Crippen molar-refractivity contribution in [1.82, 2.24) is 0 Å². The van der Waals surface area contributed by atoms with Gasteiger partial charge in [-0.2, -0.15) is 0 Å². The Kier molecular flexibility index (Phi) is 6.07. The third-order valence-electron chi connectivity index (χ3n) is 3.71. The Morgan fingerprint density at radius 2 is 1.79 bits per heavy atom. The highest BCUT2D eigenvalue weighted by Crippen LogP contribution is 2.28. The molecule has 0 saturated carbocycles. The summed E-state index contributed by atoms with van der Waals surface area (Å²) in [6.45, 7) is 9.04.